The van der Waals surface area contributed by atoms with Gasteiger partial charge in [-0.05, 0) is 33.8 Å². The van der Waals surface area contributed by atoms with Crippen LogP contribution in [0.25, 0.3) is 0 Å². The van der Waals surface area contributed by atoms with E-state index in [1.807, 2.05) is 5.38 Å². The van der Waals surface area contributed by atoms with E-state index in [1.54, 1.807) is 22.7 Å². The molecule has 0 aliphatic rings. The van der Waals surface area contributed by atoms with Crippen LogP contribution in [0.4, 0.5) is 5.13 Å². The zero-order chi connectivity index (χ0) is 11.4. The van der Waals surface area contributed by atoms with Crippen molar-refractivity contribution in [2.24, 2.45) is 0 Å². The highest BCUT2D eigenvalue weighted by molar-refractivity contribution is 9.10. The molecular weight excluding hydrogens is 304 g/mol. The monoisotopic (exact) mass is 316 g/mol. The quantitative estimate of drug-likeness (QED) is 0.846. The fourth-order valence-electron chi connectivity index (χ4n) is 1.53. The van der Waals surface area contributed by atoms with Crippen molar-refractivity contribution in [3.8, 4) is 0 Å². The lowest BCUT2D eigenvalue weighted by atomic mass is 10.1. The number of anilines is 1. The minimum absolute atomic E-state index is 0.392. The van der Waals surface area contributed by atoms with Crippen molar-refractivity contribution < 1.29 is 0 Å². The van der Waals surface area contributed by atoms with E-state index in [1.165, 1.54) is 11.3 Å². The summed E-state index contributed by atoms with van der Waals surface area (Å²) in [7, 11) is 0. The van der Waals surface area contributed by atoms with Crippen LogP contribution in [-0.2, 0) is 0 Å². The average molecular weight is 317 g/mol. The van der Waals surface area contributed by atoms with Crippen molar-refractivity contribution in [3.63, 3.8) is 0 Å². The Kier molecular flexibility index (Phi) is 4.37. The number of nitrogens with one attached hydrogen (secondary N) is 1. The molecule has 0 fully saturated rings. The van der Waals surface area contributed by atoms with Gasteiger partial charge in [-0.3, -0.25) is 0 Å². The summed E-state index contributed by atoms with van der Waals surface area (Å²) in [5.41, 5.74) is 0. The van der Waals surface area contributed by atoms with E-state index in [9.17, 15) is 0 Å². The highest BCUT2D eigenvalue weighted by Gasteiger charge is 2.12. The van der Waals surface area contributed by atoms with Gasteiger partial charge in [0.15, 0.2) is 5.13 Å². The smallest absolute Gasteiger partial charge is 0.184 e. The molecule has 2 rings (SSSR count). The van der Waals surface area contributed by atoms with Gasteiger partial charge in [0.25, 0.3) is 0 Å². The molecule has 2 aromatic rings. The maximum absolute atomic E-state index is 4.37. The molecule has 0 spiro atoms. The highest BCUT2D eigenvalue weighted by atomic mass is 79.9. The zero-order valence-electron chi connectivity index (χ0n) is 8.94. The van der Waals surface area contributed by atoms with Crippen molar-refractivity contribution in [2.45, 2.75) is 25.8 Å². The van der Waals surface area contributed by atoms with Crippen LogP contribution in [0, 0.1) is 0 Å². The van der Waals surface area contributed by atoms with Crippen LogP contribution in [0.2, 0.25) is 0 Å². The molecule has 0 saturated carbocycles. The van der Waals surface area contributed by atoms with Gasteiger partial charge >= 0.3 is 0 Å². The lowest BCUT2D eigenvalue weighted by Gasteiger charge is -2.15. The van der Waals surface area contributed by atoms with E-state index in [2.05, 4.69) is 50.7 Å². The molecule has 0 aromatic carbocycles. The Labute approximate surface area is 112 Å². The Hall–Kier alpha value is -0.390. The lowest BCUT2D eigenvalue weighted by molar-refractivity contribution is 0.687. The molecule has 1 N–H and O–H groups in total. The Bertz CT molecular complexity index is 425. The second-order valence-corrected chi connectivity index (χ2v) is 6.13. The van der Waals surface area contributed by atoms with Gasteiger partial charge in [-0.15, -0.1) is 22.7 Å². The summed E-state index contributed by atoms with van der Waals surface area (Å²) in [4.78, 5) is 5.75. The van der Waals surface area contributed by atoms with Gasteiger partial charge in [-0.25, -0.2) is 4.98 Å². The lowest BCUT2D eigenvalue weighted by Crippen LogP contribution is -2.08. The Morgan fingerprint density at radius 3 is 2.94 bits per heavy atom. The first kappa shape index (κ1) is 12.1. The maximum atomic E-state index is 4.37. The summed E-state index contributed by atoms with van der Waals surface area (Å²) in [6.07, 6.45) is 2.31. The molecule has 2 heterocycles. The maximum Gasteiger partial charge on any atom is 0.184 e. The molecule has 16 heavy (non-hydrogen) atoms. The molecule has 0 amide bonds. The van der Waals surface area contributed by atoms with Crippen molar-refractivity contribution in [3.05, 3.63) is 32.4 Å². The summed E-state index contributed by atoms with van der Waals surface area (Å²) in [6, 6.07) is 4.67. The van der Waals surface area contributed by atoms with Crippen LogP contribution >= 0.6 is 38.6 Å². The molecule has 0 bridgehead atoms. The second kappa shape index (κ2) is 5.80. The van der Waals surface area contributed by atoms with Gasteiger partial charge in [0, 0.05) is 10.3 Å². The van der Waals surface area contributed by atoms with Gasteiger partial charge < -0.3 is 5.32 Å². The third-order valence-corrected chi connectivity index (χ3v) is 4.71. The molecule has 0 radical (unpaired) electrons. The van der Waals surface area contributed by atoms with E-state index in [4.69, 9.17) is 0 Å². The molecule has 0 aliphatic heterocycles. The van der Waals surface area contributed by atoms with Crippen LogP contribution in [0.3, 0.4) is 0 Å². The van der Waals surface area contributed by atoms with E-state index in [0.717, 1.165) is 16.2 Å². The first-order valence-electron chi connectivity index (χ1n) is 5.20. The standard InChI is InChI=1S/C11H13BrN2S2/c1-2-4-8(9-5-3-6-15-9)13-11-14-10(12)7-16-11/h3,5-8H,2,4H2,1H3,(H,13,14). The van der Waals surface area contributed by atoms with Gasteiger partial charge in [0.2, 0.25) is 0 Å². The molecule has 5 heteroatoms. The van der Waals surface area contributed by atoms with E-state index >= 15 is 0 Å². The molecule has 2 aromatic heterocycles. The normalized spacial score (nSPS) is 12.6. The fraction of sp³-hybridized carbons (Fsp3) is 0.364. The SMILES string of the molecule is CCCC(Nc1nc(Br)cs1)c1cccs1. The number of hydrogen-bond acceptors (Lipinski definition) is 4. The predicted octanol–water partition coefficient (Wildman–Crippen LogP) is 4.92. The van der Waals surface area contributed by atoms with Gasteiger partial charge in [0.1, 0.15) is 4.60 Å². The van der Waals surface area contributed by atoms with Crippen molar-refractivity contribution in [1.82, 2.24) is 4.98 Å². The molecular formula is C11H13BrN2S2. The van der Waals surface area contributed by atoms with Gasteiger partial charge in [0.05, 0.1) is 6.04 Å². The van der Waals surface area contributed by atoms with Crippen molar-refractivity contribution >= 4 is 43.7 Å². The first-order chi connectivity index (χ1) is 7.79. The molecule has 1 unspecified atom stereocenters. The molecule has 2 nitrogen and oxygen atoms in total. The minimum atomic E-state index is 0.392. The predicted molar refractivity (Wildman–Crippen MR) is 75.4 cm³/mol. The number of thiophene rings is 1. The third kappa shape index (κ3) is 3.06. The Morgan fingerprint density at radius 1 is 1.50 bits per heavy atom. The Balaban J connectivity index is 2.09. The third-order valence-electron chi connectivity index (χ3n) is 2.24. The summed E-state index contributed by atoms with van der Waals surface area (Å²) in [5.74, 6) is 0. The van der Waals surface area contributed by atoms with Crippen molar-refractivity contribution in [2.75, 3.05) is 5.32 Å². The first-order valence-corrected chi connectivity index (χ1v) is 7.75. The summed E-state index contributed by atoms with van der Waals surface area (Å²) < 4.78 is 0.904. The topological polar surface area (TPSA) is 24.9 Å². The summed E-state index contributed by atoms with van der Waals surface area (Å²) >= 11 is 6.81. The minimum Gasteiger partial charge on any atom is -0.354 e. The summed E-state index contributed by atoms with van der Waals surface area (Å²) in [6.45, 7) is 2.21. The number of aromatic nitrogens is 1. The number of rotatable bonds is 5. The molecule has 0 saturated heterocycles. The van der Waals surface area contributed by atoms with Gasteiger partial charge in [-0.2, -0.15) is 0 Å². The van der Waals surface area contributed by atoms with Crippen LogP contribution in [0.15, 0.2) is 27.5 Å². The summed E-state index contributed by atoms with van der Waals surface area (Å²) in [5, 5.41) is 8.60. The molecule has 86 valence electrons. The number of halogens is 1. The van der Waals surface area contributed by atoms with Crippen LogP contribution in [0.1, 0.15) is 30.7 Å². The van der Waals surface area contributed by atoms with Crippen molar-refractivity contribution in [1.29, 1.82) is 0 Å². The van der Waals surface area contributed by atoms with Crippen LogP contribution in [0.5, 0.6) is 0 Å². The highest BCUT2D eigenvalue weighted by Crippen LogP contribution is 2.29. The largest absolute Gasteiger partial charge is 0.354 e. The van der Waals surface area contributed by atoms with E-state index in [-0.39, 0.29) is 0 Å². The van der Waals surface area contributed by atoms with Gasteiger partial charge in [-0.1, -0.05) is 19.4 Å². The zero-order valence-corrected chi connectivity index (χ0v) is 12.2. The number of thiazole rings is 1. The molecule has 0 aliphatic carbocycles. The Morgan fingerprint density at radius 2 is 2.38 bits per heavy atom. The number of hydrogen-bond donors (Lipinski definition) is 1. The number of nitrogens with zero attached hydrogens (tertiary/aromatic N) is 1. The average Bonchev–Trinajstić information content (AvgIpc) is 2.88. The van der Waals surface area contributed by atoms with Crippen LogP contribution < -0.4 is 5.32 Å². The molecule has 1 atom stereocenters. The van der Waals surface area contributed by atoms with E-state index < -0.39 is 0 Å². The van der Waals surface area contributed by atoms with Crippen LogP contribution in [-0.4, -0.2) is 4.98 Å². The van der Waals surface area contributed by atoms with E-state index in [0.29, 0.717) is 6.04 Å². The fourth-order valence-corrected chi connectivity index (χ4v) is 3.54. The second-order valence-electron chi connectivity index (χ2n) is 3.48.